The summed E-state index contributed by atoms with van der Waals surface area (Å²) in [7, 11) is 0. The minimum atomic E-state index is -0.514. The second-order valence-corrected chi connectivity index (χ2v) is 4.39. The average molecular weight is 289 g/mol. The van der Waals surface area contributed by atoms with Crippen LogP contribution in [0, 0.1) is 5.82 Å². The van der Waals surface area contributed by atoms with Crippen LogP contribution in [0.5, 0.6) is 5.75 Å². The van der Waals surface area contributed by atoms with Gasteiger partial charge in [0.2, 0.25) is 5.91 Å². The van der Waals surface area contributed by atoms with Crippen molar-refractivity contribution in [3.63, 3.8) is 0 Å². The van der Waals surface area contributed by atoms with E-state index in [-0.39, 0.29) is 18.1 Å². The Labute approximate surface area is 121 Å². The van der Waals surface area contributed by atoms with Gasteiger partial charge in [-0.05, 0) is 31.2 Å². The van der Waals surface area contributed by atoms with Gasteiger partial charge in [-0.2, -0.15) is 0 Å². The molecule has 110 valence electrons. The molecule has 5 nitrogen and oxygen atoms in total. The molecule has 1 aromatic carbocycles. The number of anilines is 2. The van der Waals surface area contributed by atoms with E-state index in [4.69, 9.17) is 10.5 Å². The number of rotatable bonds is 5. The number of carbonyl (C=O) groups excluding carboxylic acids is 1. The van der Waals surface area contributed by atoms with Crippen molar-refractivity contribution >= 4 is 17.3 Å². The third-order valence-electron chi connectivity index (χ3n) is 2.70. The molecular formula is C15H16FN3O2. The van der Waals surface area contributed by atoms with Crippen molar-refractivity contribution in [2.24, 2.45) is 0 Å². The minimum absolute atomic E-state index is 0.0924. The lowest BCUT2D eigenvalue weighted by Gasteiger charge is -2.08. The number of nitrogen functional groups attached to an aromatic ring is 1. The number of hydrogen-bond acceptors (Lipinski definition) is 4. The van der Waals surface area contributed by atoms with E-state index in [1.807, 2.05) is 0 Å². The molecule has 1 heterocycles. The normalized spacial score (nSPS) is 10.2. The van der Waals surface area contributed by atoms with Gasteiger partial charge >= 0.3 is 0 Å². The fourth-order valence-electron chi connectivity index (χ4n) is 1.76. The van der Waals surface area contributed by atoms with Gasteiger partial charge in [0.15, 0.2) is 11.6 Å². The molecule has 1 amide bonds. The molecule has 2 rings (SSSR count). The summed E-state index contributed by atoms with van der Waals surface area (Å²) in [5.74, 6) is -0.633. The minimum Gasteiger partial charge on any atom is -0.491 e. The molecular weight excluding hydrogens is 273 g/mol. The standard InChI is InChI=1S/C15H16FN3O2/c1-2-21-14-6-5-12(7-13(14)16)19-15(20)8-11-4-3-10(17)9-18-11/h3-7,9H,2,8,17H2,1H3,(H,19,20). The fraction of sp³-hybridized carbons (Fsp3) is 0.200. The van der Waals surface area contributed by atoms with Crippen molar-refractivity contribution in [2.45, 2.75) is 13.3 Å². The van der Waals surface area contributed by atoms with Crippen LogP contribution < -0.4 is 15.8 Å². The van der Waals surface area contributed by atoms with Gasteiger partial charge in [-0.25, -0.2) is 4.39 Å². The van der Waals surface area contributed by atoms with Gasteiger partial charge in [0.1, 0.15) is 0 Å². The van der Waals surface area contributed by atoms with Crippen molar-refractivity contribution in [3.05, 3.63) is 48.0 Å². The Balaban J connectivity index is 1.99. The lowest BCUT2D eigenvalue weighted by atomic mass is 10.2. The molecule has 3 N–H and O–H groups in total. The predicted molar refractivity (Wildman–Crippen MR) is 78.6 cm³/mol. The van der Waals surface area contributed by atoms with Crippen LogP contribution in [0.3, 0.4) is 0 Å². The highest BCUT2D eigenvalue weighted by molar-refractivity contribution is 5.92. The van der Waals surface area contributed by atoms with Gasteiger partial charge in [0.05, 0.1) is 24.9 Å². The van der Waals surface area contributed by atoms with Gasteiger partial charge in [-0.3, -0.25) is 9.78 Å². The maximum absolute atomic E-state index is 13.7. The predicted octanol–water partition coefficient (Wildman–Crippen LogP) is 2.38. The molecule has 0 unspecified atom stereocenters. The van der Waals surface area contributed by atoms with Gasteiger partial charge in [0, 0.05) is 17.4 Å². The number of pyridine rings is 1. The van der Waals surface area contributed by atoms with Gasteiger partial charge < -0.3 is 15.8 Å². The Morgan fingerprint density at radius 1 is 1.38 bits per heavy atom. The number of nitrogens with zero attached hydrogens (tertiary/aromatic N) is 1. The zero-order valence-electron chi connectivity index (χ0n) is 11.6. The highest BCUT2D eigenvalue weighted by Gasteiger charge is 2.08. The van der Waals surface area contributed by atoms with Crippen LogP contribution in [0.25, 0.3) is 0 Å². The zero-order valence-corrected chi connectivity index (χ0v) is 11.6. The van der Waals surface area contributed by atoms with Crippen LogP contribution in [-0.2, 0) is 11.2 Å². The summed E-state index contributed by atoms with van der Waals surface area (Å²) in [4.78, 5) is 15.9. The summed E-state index contributed by atoms with van der Waals surface area (Å²) in [6, 6.07) is 7.64. The largest absolute Gasteiger partial charge is 0.491 e. The number of amides is 1. The van der Waals surface area contributed by atoms with Crippen LogP contribution in [0.2, 0.25) is 0 Å². The highest BCUT2D eigenvalue weighted by Crippen LogP contribution is 2.21. The molecule has 0 fully saturated rings. The molecule has 0 saturated carbocycles. The molecule has 0 bridgehead atoms. The Morgan fingerprint density at radius 2 is 2.19 bits per heavy atom. The van der Waals surface area contributed by atoms with E-state index in [0.717, 1.165) is 0 Å². The SMILES string of the molecule is CCOc1ccc(NC(=O)Cc2ccc(N)cn2)cc1F. The third kappa shape index (κ3) is 4.17. The molecule has 0 saturated heterocycles. The number of aromatic nitrogens is 1. The topological polar surface area (TPSA) is 77.2 Å². The summed E-state index contributed by atoms with van der Waals surface area (Å²) < 4.78 is 18.8. The molecule has 0 aliphatic carbocycles. The van der Waals surface area contributed by atoms with Crippen molar-refractivity contribution in [1.82, 2.24) is 4.98 Å². The van der Waals surface area contributed by atoms with Crippen LogP contribution in [-0.4, -0.2) is 17.5 Å². The van der Waals surface area contributed by atoms with Crippen LogP contribution in [0.1, 0.15) is 12.6 Å². The molecule has 0 atom stereocenters. The van der Waals surface area contributed by atoms with E-state index in [1.165, 1.54) is 18.3 Å². The molecule has 6 heteroatoms. The monoisotopic (exact) mass is 289 g/mol. The van der Waals surface area contributed by atoms with Crippen LogP contribution >= 0.6 is 0 Å². The molecule has 0 aliphatic heterocycles. The Bertz CT molecular complexity index is 629. The van der Waals surface area contributed by atoms with Crippen LogP contribution in [0.15, 0.2) is 36.5 Å². The Kier molecular flexibility index (Phi) is 4.71. The smallest absolute Gasteiger partial charge is 0.230 e. The first-order valence-corrected chi connectivity index (χ1v) is 6.51. The van der Waals surface area contributed by atoms with E-state index >= 15 is 0 Å². The first kappa shape index (κ1) is 14.8. The number of hydrogen-bond donors (Lipinski definition) is 2. The lowest BCUT2D eigenvalue weighted by molar-refractivity contribution is -0.115. The second kappa shape index (κ2) is 6.69. The number of ether oxygens (including phenoxy) is 1. The Hall–Kier alpha value is -2.63. The lowest BCUT2D eigenvalue weighted by Crippen LogP contribution is -2.15. The van der Waals surface area contributed by atoms with E-state index in [1.54, 1.807) is 25.1 Å². The van der Waals surface area contributed by atoms with Gasteiger partial charge in [-0.15, -0.1) is 0 Å². The molecule has 0 spiro atoms. The number of carbonyl (C=O) groups is 1. The molecule has 0 aliphatic rings. The van der Waals surface area contributed by atoms with E-state index in [0.29, 0.717) is 23.7 Å². The number of nitrogens with two attached hydrogens (primary N) is 1. The number of nitrogens with one attached hydrogen (secondary N) is 1. The summed E-state index contributed by atoms with van der Waals surface area (Å²) in [6.07, 6.45) is 1.58. The average Bonchev–Trinajstić information content (AvgIpc) is 2.44. The summed E-state index contributed by atoms with van der Waals surface area (Å²) in [5.41, 5.74) is 7.02. The molecule has 1 aromatic heterocycles. The summed E-state index contributed by atoms with van der Waals surface area (Å²) in [6.45, 7) is 2.15. The van der Waals surface area contributed by atoms with Crippen molar-refractivity contribution < 1.29 is 13.9 Å². The zero-order chi connectivity index (χ0) is 15.2. The number of benzene rings is 1. The van der Waals surface area contributed by atoms with Crippen molar-refractivity contribution in [3.8, 4) is 5.75 Å². The maximum atomic E-state index is 13.7. The Morgan fingerprint density at radius 3 is 2.81 bits per heavy atom. The van der Waals surface area contributed by atoms with Gasteiger partial charge in [0.25, 0.3) is 0 Å². The van der Waals surface area contributed by atoms with E-state index in [2.05, 4.69) is 10.3 Å². The quantitative estimate of drug-likeness (QED) is 0.886. The third-order valence-corrected chi connectivity index (χ3v) is 2.70. The van der Waals surface area contributed by atoms with Crippen molar-refractivity contribution in [2.75, 3.05) is 17.7 Å². The number of halogens is 1. The summed E-state index contributed by atoms with van der Waals surface area (Å²) in [5, 5.41) is 2.61. The molecule has 21 heavy (non-hydrogen) atoms. The molecule has 0 radical (unpaired) electrons. The van der Waals surface area contributed by atoms with E-state index < -0.39 is 5.82 Å². The molecule has 2 aromatic rings. The first-order valence-electron chi connectivity index (χ1n) is 6.51. The van der Waals surface area contributed by atoms with Gasteiger partial charge in [-0.1, -0.05) is 0 Å². The second-order valence-electron chi connectivity index (χ2n) is 4.39. The maximum Gasteiger partial charge on any atom is 0.230 e. The van der Waals surface area contributed by atoms with Crippen LogP contribution in [0.4, 0.5) is 15.8 Å². The first-order chi connectivity index (χ1) is 10.1. The van der Waals surface area contributed by atoms with E-state index in [9.17, 15) is 9.18 Å². The summed E-state index contributed by atoms with van der Waals surface area (Å²) >= 11 is 0. The van der Waals surface area contributed by atoms with Crippen molar-refractivity contribution in [1.29, 1.82) is 0 Å². The fourth-order valence-corrected chi connectivity index (χ4v) is 1.76. The highest BCUT2D eigenvalue weighted by atomic mass is 19.1.